The summed E-state index contributed by atoms with van der Waals surface area (Å²) < 4.78 is 60.5. The molecule has 0 spiro atoms. The first kappa shape index (κ1) is 15.3. The van der Waals surface area contributed by atoms with Gasteiger partial charge in [-0.15, -0.1) is 0 Å². The molecule has 1 aliphatic heterocycles. The summed E-state index contributed by atoms with van der Waals surface area (Å²) >= 11 is 0. The number of sulfone groups is 1. The minimum absolute atomic E-state index is 0.146. The van der Waals surface area contributed by atoms with Gasteiger partial charge in [0, 0.05) is 0 Å². The van der Waals surface area contributed by atoms with Crippen molar-refractivity contribution in [1.82, 2.24) is 0 Å². The molecule has 4 nitrogen and oxygen atoms in total. The summed E-state index contributed by atoms with van der Waals surface area (Å²) in [6.07, 6.45) is -5.94. The van der Waals surface area contributed by atoms with Gasteiger partial charge in [0.25, 0.3) is 0 Å². The van der Waals surface area contributed by atoms with E-state index in [9.17, 15) is 26.4 Å². The lowest BCUT2D eigenvalue weighted by Crippen LogP contribution is -2.43. The number of carbonyl (C=O) groups is 1. The third kappa shape index (κ3) is 2.62. The van der Waals surface area contributed by atoms with Crippen LogP contribution in [-0.4, -0.2) is 36.2 Å². The molecule has 1 saturated heterocycles. The Balaban J connectivity index is 3.13. The highest BCUT2D eigenvalue weighted by atomic mass is 32.2. The fourth-order valence-corrected chi connectivity index (χ4v) is 4.32. The largest absolute Gasteiger partial charge is 0.481 e. The highest BCUT2D eigenvalue weighted by molar-refractivity contribution is 7.93. The smallest absolute Gasteiger partial charge is 0.392 e. The summed E-state index contributed by atoms with van der Waals surface area (Å²) in [5.41, 5.74) is 0. The molecule has 0 radical (unpaired) electrons. The topological polar surface area (TPSA) is 71.4 Å². The van der Waals surface area contributed by atoms with E-state index in [1.54, 1.807) is 0 Å². The molecule has 0 bridgehead atoms. The van der Waals surface area contributed by atoms with Gasteiger partial charge in [0.05, 0.1) is 22.8 Å². The average molecular weight is 288 g/mol. The molecule has 1 N–H and O–H groups in total. The van der Waals surface area contributed by atoms with Gasteiger partial charge in [-0.25, -0.2) is 8.42 Å². The van der Waals surface area contributed by atoms with Gasteiger partial charge in [-0.1, -0.05) is 0 Å². The molecule has 106 valence electrons. The van der Waals surface area contributed by atoms with Crippen molar-refractivity contribution in [2.45, 2.75) is 37.6 Å². The number of hydrogen-bond donors (Lipinski definition) is 1. The Morgan fingerprint density at radius 2 is 1.94 bits per heavy atom. The van der Waals surface area contributed by atoms with Gasteiger partial charge in [0.15, 0.2) is 9.84 Å². The molecule has 0 aromatic rings. The maximum absolute atomic E-state index is 12.9. The van der Waals surface area contributed by atoms with Gasteiger partial charge in [-0.2, -0.15) is 13.2 Å². The Labute approximate surface area is 103 Å². The van der Waals surface area contributed by atoms with Crippen molar-refractivity contribution in [3.63, 3.8) is 0 Å². The average Bonchev–Trinajstić information content (AvgIpc) is 2.32. The Hall–Kier alpha value is -0.790. The minimum Gasteiger partial charge on any atom is -0.481 e. The molecular formula is C10H15F3O4S. The van der Waals surface area contributed by atoms with Gasteiger partial charge in [0.1, 0.15) is 0 Å². The van der Waals surface area contributed by atoms with Crippen molar-refractivity contribution in [1.29, 1.82) is 0 Å². The normalized spacial score (nSPS) is 27.9. The quantitative estimate of drug-likeness (QED) is 0.860. The van der Waals surface area contributed by atoms with Gasteiger partial charge in [-0.05, 0) is 26.2 Å². The summed E-state index contributed by atoms with van der Waals surface area (Å²) in [5.74, 6) is -5.23. The molecule has 0 saturated carbocycles. The van der Waals surface area contributed by atoms with E-state index in [0.29, 0.717) is 0 Å². The lowest BCUT2D eigenvalue weighted by molar-refractivity contribution is -0.197. The predicted octanol–water partition coefficient (Wildman–Crippen LogP) is 1.85. The molecule has 0 aromatic carbocycles. The number of rotatable bonds is 3. The molecular weight excluding hydrogens is 273 g/mol. The number of aliphatic carboxylic acids is 1. The molecule has 0 amide bonds. The van der Waals surface area contributed by atoms with Crippen LogP contribution in [-0.2, 0) is 14.6 Å². The predicted molar refractivity (Wildman–Crippen MR) is 57.8 cm³/mol. The number of hydrogen-bond acceptors (Lipinski definition) is 3. The van der Waals surface area contributed by atoms with Crippen molar-refractivity contribution in [2.75, 3.05) is 5.75 Å². The van der Waals surface area contributed by atoms with Crippen LogP contribution >= 0.6 is 0 Å². The van der Waals surface area contributed by atoms with E-state index in [1.165, 1.54) is 13.8 Å². The van der Waals surface area contributed by atoms with Gasteiger partial charge in [0.2, 0.25) is 0 Å². The van der Waals surface area contributed by atoms with Crippen molar-refractivity contribution in [3.05, 3.63) is 0 Å². The van der Waals surface area contributed by atoms with Crippen molar-refractivity contribution < 1.29 is 31.5 Å². The fourth-order valence-electron chi connectivity index (χ4n) is 2.48. The van der Waals surface area contributed by atoms with Gasteiger partial charge >= 0.3 is 12.1 Å². The Bertz CT molecular complexity index is 439. The molecule has 0 aromatic heterocycles. The molecule has 1 heterocycles. The zero-order valence-corrected chi connectivity index (χ0v) is 10.8. The molecule has 1 aliphatic rings. The number of halogens is 3. The lowest BCUT2D eigenvalue weighted by Gasteiger charge is -2.33. The van der Waals surface area contributed by atoms with Crippen LogP contribution in [0.5, 0.6) is 0 Å². The number of carboxylic acid groups (broad SMARTS) is 1. The molecule has 18 heavy (non-hydrogen) atoms. The number of alkyl halides is 3. The first-order valence-corrected chi connectivity index (χ1v) is 7.05. The van der Waals surface area contributed by atoms with E-state index < -0.39 is 45.0 Å². The highest BCUT2D eigenvalue weighted by Crippen LogP contribution is 2.48. The fraction of sp³-hybridized carbons (Fsp3) is 0.900. The van der Waals surface area contributed by atoms with Gasteiger partial charge < -0.3 is 5.11 Å². The third-order valence-corrected chi connectivity index (χ3v) is 6.37. The monoisotopic (exact) mass is 288 g/mol. The second-order valence-electron chi connectivity index (χ2n) is 5.06. The van der Waals surface area contributed by atoms with Crippen LogP contribution < -0.4 is 0 Å². The standard InChI is InChI=1S/C10H15F3O4S/c1-9(2)6(3-4-18(9,16)17)7(5-8(14)15)10(11,12)13/h6-7H,3-5H2,1-2H3,(H,14,15). The van der Waals surface area contributed by atoms with E-state index in [1.807, 2.05) is 0 Å². The molecule has 1 rings (SSSR count). The lowest BCUT2D eigenvalue weighted by atomic mass is 9.79. The second-order valence-corrected chi connectivity index (χ2v) is 7.75. The summed E-state index contributed by atoms with van der Waals surface area (Å²) in [6.45, 7) is 2.47. The third-order valence-electron chi connectivity index (χ3n) is 3.69. The van der Waals surface area contributed by atoms with Crippen LogP contribution in [0.25, 0.3) is 0 Å². The van der Waals surface area contributed by atoms with Crippen molar-refractivity contribution in [2.24, 2.45) is 11.8 Å². The Morgan fingerprint density at radius 3 is 2.22 bits per heavy atom. The molecule has 2 unspecified atom stereocenters. The van der Waals surface area contributed by atoms with E-state index in [2.05, 4.69) is 0 Å². The molecule has 8 heteroatoms. The number of carboxylic acids is 1. The molecule has 1 fully saturated rings. The van der Waals surface area contributed by atoms with Crippen LogP contribution in [0, 0.1) is 11.8 Å². The van der Waals surface area contributed by atoms with Crippen LogP contribution in [0.4, 0.5) is 13.2 Å². The van der Waals surface area contributed by atoms with Crippen molar-refractivity contribution in [3.8, 4) is 0 Å². The summed E-state index contributed by atoms with van der Waals surface area (Å²) in [4.78, 5) is 10.5. The van der Waals surface area contributed by atoms with Crippen LogP contribution in [0.1, 0.15) is 26.7 Å². The summed E-state index contributed by atoms with van der Waals surface area (Å²) in [6, 6.07) is 0. The first-order chi connectivity index (χ1) is 7.89. The minimum atomic E-state index is -4.71. The second kappa shape index (κ2) is 4.40. The zero-order chi connectivity index (χ0) is 14.4. The Morgan fingerprint density at radius 1 is 1.44 bits per heavy atom. The van der Waals surface area contributed by atoms with Crippen molar-refractivity contribution >= 4 is 15.8 Å². The van der Waals surface area contributed by atoms with Crippen LogP contribution in [0.15, 0.2) is 0 Å². The van der Waals surface area contributed by atoms with Crippen LogP contribution in [0.3, 0.4) is 0 Å². The van der Waals surface area contributed by atoms with E-state index >= 15 is 0 Å². The zero-order valence-electron chi connectivity index (χ0n) is 9.99. The maximum atomic E-state index is 12.9. The van der Waals surface area contributed by atoms with Gasteiger partial charge in [-0.3, -0.25) is 4.79 Å². The van der Waals surface area contributed by atoms with Crippen LogP contribution in [0.2, 0.25) is 0 Å². The van der Waals surface area contributed by atoms with E-state index in [4.69, 9.17) is 5.11 Å². The Kier molecular flexibility index (Phi) is 3.73. The summed E-state index contributed by atoms with van der Waals surface area (Å²) in [7, 11) is -3.61. The molecule has 2 atom stereocenters. The maximum Gasteiger partial charge on any atom is 0.392 e. The van der Waals surface area contributed by atoms with E-state index in [-0.39, 0.29) is 12.2 Å². The SMILES string of the molecule is CC1(C)C(C(CC(=O)O)C(F)(F)F)CCS1(=O)=O. The molecule has 0 aliphatic carbocycles. The summed E-state index contributed by atoms with van der Waals surface area (Å²) in [5, 5.41) is 8.56. The highest BCUT2D eigenvalue weighted by Gasteiger charge is 2.57. The van der Waals surface area contributed by atoms with E-state index in [0.717, 1.165) is 0 Å². The first-order valence-electron chi connectivity index (χ1n) is 5.40.